The minimum atomic E-state index is -1.07. The van der Waals surface area contributed by atoms with Crippen molar-refractivity contribution >= 4 is 0 Å². The third kappa shape index (κ3) is 2.41. The first-order valence-corrected chi connectivity index (χ1v) is 6.36. The third-order valence-corrected chi connectivity index (χ3v) is 3.49. The van der Waals surface area contributed by atoms with Crippen LogP contribution in [0.3, 0.4) is 0 Å². The van der Waals surface area contributed by atoms with E-state index in [1.165, 1.54) is 12.1 Å². The van der Waals surface area contributed by atoms with Crippen molar-refractivity contribution in [1.29, 1.82) is 0 Å². The molecule has 2 heterocycles. The summed E-state index contributed by atoms with van der Waals surface area (Å²) in [4.78, 5) is 1.94. The molecule has 0 aliphatic carbocycles. The third-order valence-electron chi connectivity index (χ3n) is 3.49. The molecule has 3 rings (SSSR count). The molecule has 1 aromatic carbocycles. The van der Waals surface area contributed by atoms with E-state index in [4.69, 9.17) is 0 Å². The lowest BCUT2D eigenvalue weighted by Gasteiger charge is -2.28. The van der Waals surface area contributed by atoms with E-state index in [0.29, 0.717) is 13.1 Å². The molecule has 0 spiro atoms. The van der Waals surface area contributed by atoms with Crippen LogP contribution >= 0.6 is 0 Å². The molecule has 0 fully saturated rings. The van der Waals surface area contributed by atoms with Gasteiger partial charge in [-0.05, 0) is 6.07 Å². The summed E-state index contributed by atoms with van der Waals surface area (Å²) in [6.07, 6.45) is 0.593. The Kier molecular flexibility index (Phi) is 3.45. The molecule has 1 aliphatic heterocycles. The van der Waals surface area contributed by atoms with E-state index < -0.39 is 17.7 Å². The number of halogens is 2. The minimum absolute atomic E-state index is 0.0166. The molecule has 1 atom stereocenters. The number of fused-ring (bicyclic) bond motifs is 1. The molecule has 0 saturated heterocycles. The van der Waals surface area contributed by atoms with Crippen LogP contribution in [0, 0.1) is 11.6 Å². The molecule has 5 nitrogen and oxygen atoms in total. The fraction of sp³-hybridized carbons (Fsp3) is 0.385. The zero-order chi connectivity index (χ0) is 14.1. The minimum Gasteiger partial charge on any atom is -0.387 e. The molecule has 0 bridgehead atoms. The lowest BCUT2D eigenvalue weighted by Crippen LogP contribution is -2.36. The Bertz CT molecular complexity index is 616. The average molecular weight is 280 g/mol. The number of benzene rings is 1. The maximum absolute atomic E-state index is 13.6. The maximum atomic E-state index is 13.6. The summed E-state index contributed by atoms with van der Waals surface area (Å²) in [5, 5.41) is 17.9. The molecule has 106 valence electrons. The van der Waals surface area contributed by atoms with Crippen LogP contribution in [0.5, 0.6) is 0 Å². The van der Waals surface area contributed by atoms with Crippen molar-refractivity contribution in [3.8, 4) is 0 Å². The molecule has 1 aromatic heterocycles. The molecule has 7 heteroatoms. The van der Waals surface area contributed by atoms with Crippen molar-refractivity contribution in [3.63, 3.8) is 0 Å². The van der Waals surface area contributed by atoms with Gasteiger partial charge in [-0.1, -0.05) is 12.1 Å². The van der Waals surface area contributed by atoms with E-state index in [1.807, 2.05) is 9.47 Å². The Morgan fingerprint density at radius 3 is 3.00 bits per heavy atom. The van der Waals surface area contributed by atoms with Crippen LogP contribution < -0.4 is 0 Å². The van der Waals surface area contributed by atoms with Crippen molar-refractivity contribution in [2.45, 2.75) is 19.2 Å². The van der Waals surface area contributed by atoms with Gasteiger partial charge in [0.15, 0.2) is 11.6 Å². The van der Waals surface area contributed by atoms with E-state index in [2.05, 4.69) is 10.2 Å². The van der Waals surface area contributed by atoms with Crippen LogP contribution in [0.2, 0.25) is 0 Å². The first-order valence-electron chi connectivity index (χ1n) is 6.36. The van der Waals surface area contributed by atoms with Gasteiger partial charge in [0, 0.05) is 25.2 Å². The van der Waals surface area contributed by atoms with E-state index in [-0.39, 0.29) is 12.1 Å². The van der Waals surface area contributed by atoms with Gasteiger partial charge in [-0.15, -0.1) is 10.2 Å². The summed E-state index contributed by atoms with van der Waals surface area (Å²) in [6, 6.07) is 3.83. The van der Waals surface area contributed by atoms with E-state index >= 15 is 0 Å². The molecule has 0 amide bonds. The molecule has 1 aliphatic rings. The van der Waals surface area contributed by atoms with E-state index in [1.54, 1.807) is 6.33 Å². The molecule has 0 saturated carbocycles. The van der Waals surface area contributed by atoms with Gasteiger partial charge >= 0.3 is 0 Å². The topological polar surface area (TPSA) is 54.2 Å². The van der Waals surface area contributed by atoms with Crippen LogP contribution in [0.4, 0.5) is 8.78 Å². The summed E-state index contributed by atoms with van der Waals surface area (Å²) in [7, 11) is 0. The Hall–Kier alpha value is -1.86. The van der Waals surface area contributed by atoms with Crippen molar-refractivity contribution in [3.05, 3.63) is 47.5 Å². The van der Waals surface area contributed by atoms with Gasteiger partial charge < -0.3 is 9.67 Å². The summed E-state index contributed by atoms with van der Waals surface area (Å²) < 4.78 is 28.7. The fourth-order valence-electron chi connectivity index (χ4n) is 2.39. The highest BCUT2D eigenvalue weighted by Gasteiger charge is 2.22. The summed E-state index contributed by atoms with van der Waals surface area (Å²) >= 11 is 0. The van der Waals surface area contributed by atoms with Gasteiger partial charge in [0.25, 0.3) is 0 Å². The Morgan fingerprint density at radius 1 is 1.30 bits per heavy atom. The summed E-state index contributed by atoms with van der Waals surface area (Å²) in [5.74, 6) is -1.12. The van der Waals surface area contributed by atoms with Crippen LogP contribution in [0.1, 0.15) is 17.5 Å². The fourth-order valence-corrected chi connectivity index (χ4v) is 2.39. The predicted molar refractivity (Wildman–Crippen MR) is 66.6 cm³/mol. The smallest absolute Gasteiger partial charge is 0.164 e. The van der Waals surface area contributed by atoms with Crippen LogP contribution in [0.25, 0.3) is 0 Å². The number of aliphatic hydroxyl groups excluding tert-OH is 1. The predicted octanol–water partition coefficient (Wildman–Crippen LogP) is 1.11. The highest BCUT2D eigenvalue weighted by Crippen LogP contribution is 2.21. The molecule has 1 N–H and O–H groups in total. The largest absolute Gasteiger partial charge is 0.387 e. The first-order chi connectivity index (χ1) is 9.65. The normalized spacial score (nSPS) is 16.9. The highest BCUT2D eigenvalue weighted by atomic mass is 19.2. The standard InChI is InChI=1S/C13H14F2N4O/c14-10-3-1-2-9(13(10)15)11(20)6-18-4-5-19-8-16-17-12(19)7-18/h1-3,8,11,20H,4-7H2. The van der Waals surface area contributed by atoms with Crippen LogP contribution in [-0.4, -0.2) is 37.9 Å². The second-order valence-corrected chi connectivity index (χ2v) is 4.83. The zero-order valence-electron chi connectivity index (χ0n) is 10.7. The summed E-state index contributed by atoms with van der Waals surface area (Å²) in [5.41, 5.74) is -0.0166. The average Bonchev–Trinajstić information content (AvgIpc) is 2.89. The Labute approximate surface area is 114 Å². The molecule has 0 radical (unpaired) electrons. The van der Waals surface area contributed by atoms with Crippen LogP contribution in [-0.2, 0) is 13.1 Å². The monoisotopic (exact) mass is 280 g/mol. The zero-order valence-corrected chi connectivity index (χ0v) is 10.7. The number of rotatable bonds is 3. The lowest BCUT2D eigenvalue weighted by molar-refractivity contribution is 0.0931. The number of aromatic nitrogens is 3. The van der Waals surface area contributed by atoms with Crippen molar-refractivity contribution in [2.75, 3.05) is 13.1 Å². The quantitative estimate of drug-likeness (QED) is 0.915. The van der Waals surface area contributed by atoms with Gasteiger partial charge in [0.1, 0.15) is 12.2 Å². The number of nitrogens with zero attached hydrogens (tertiary/aromatic N) is 4. The summed E-state index contributed by atoms with van der Waals surface area (Å²) in [6.45, 7) is 2.20. The van der Waals surface area contributed by atoms with E-state index in [0.717, 1.165) is 18.4 Å². The molecular weight excluding hydrogens is 266 g/mol. The molecule has 1 unspecified atom stereocenters. The van der Waals surface area contributed by atoms with Crippen molar-refractivity contribution in [2.24, 2.45) is 0 Å². The molecular formula is C13H14F2N4O. The highest BCUT2D eigenvalue weighted by molar-refractivity contribution is 5.21. The van der Waals surface area contributed by atoms with Gasteiger partial charge in [0.05, 0.1) is 12.6 Å². The first kappa shape index (κ1) is 13.1. The molecule has 2 aromatic rings. The maximum Gasteiger partial charge on any atom is 0.164 e. The second kappa shape index (κ2) is 5.26. The Morgan fingerprint density at radius 2 is 2.15 bits per heavy atom. The second-order valence-electron chi connectivity index (χ2n) is 4.83. The van der Waals surface area contributed by atoms with Crippen molar-refractivity contribution in [1.82, 2.24) is 19.7 Å². The molecule has 20 heavy (non-hydrogen) atoms. The van der Waals surface area contributed by atoms with Crippen molar-refractivity contribution < 1.29 is 13.9 Å². The number of aliphatic hydroxyl groups is 1. The van der Waals surface area contributed by atoms with Gasteiger partial charge in [-0.2, -0.15) is 0 Å². The number of hydrogen-bond acceptors (Lipinski definition) is 4. The number of β-amino-alcohol motifs (C(OH)–C–C–N with tert-alkyl or cyclic N) is 1. The van der Waals surface area contributed by atoms with Gasteiger partial charge in [0.2, 0.25) is 0 Å². The number of hydrogen-bond donors (Lipinski definition) is 1. The van der Waals surface area contributed by atoms with Gasteiger partial charge in [-0.3, -0.25) is 4.90 Å². The van der Waals surface area contributed by atoms with Crippen LogP contribution in [0.15, 0.2) is 24.5 Å². The Balaban J connectivity index is 1.71. The van der Waals surface area contributed by atoms with E-state index in [9.17, 15) is 13.9 Å². The SMILES string of the molecule is OC(CN1CCn2cnnc2C1)c1cccc(F)c1F. The van der Waals surface area contributed by atoms with Gasteiger partial charge in [-0.25, -0.2) is 8.78 Å². The lowest BCUT2D eigenvalue weighted by atomic mass is 10.1.